The van der Waals surface area contributed by atoms with Crippen molar-refractivity contribution in [1.82, 2.24) is 0 Å². The minimum absolute atomic E-state index is 0.0183. The van der Waals surface area contributed by atoms with Crippen molar-refractivity contribution in [2.75, 3.05) is 0 Å². The zero-order chi connectivity index (χ0) is 13.1. The van der Waals surface area contributed by atoms with Gasteiger partial charge in [-0.1, -0.05) is 38.1 Å². The van der Waals surface area contributed by atoms with Gasteiger partial charge in [-0.25, -0.2) is 0 Å². The first kappa shape index (κ1) is 13.6. The van der Waals surface area contributed by atoms with Crippen LogP contribution in [-0.2, 0) is 11.2 Å². The second kappa shape index (κ2) is 5.85. The number of aliphatic hydroxyl groups is 1. The zero-order valence-corrected chi connectivity index (χ0v) is 11.6. The van der Waals surface area contributed by atoms with E-state index in [1.165, 1.54) is 11.1 Å². The molecular formula is C16H24O2. The predicted octanol–water partition coefficient (Wildman–Crippen LogP) is 3.28. The monoisotopic (exact) mass is 248 g/mol. The Kier molecular flexibility index (Phi) is 4.41. The number of hydrogen-bond donors (Lipinski definition) is 1. The fourth-order valence-corrected chi connectivity index (χ4v) is 2.53. The Labute approximate surface area is 110 Å². The van der Waals surface area contributed by atoms with E-state index < -0.39 is 0 Å². The molecule has 1 heterocycles. The van der Waals surface area contributed by atoms with E-state index >= 15 is 0 Å². The van der Waals surface area contributed by atoms with Crippen LogP contribution in [0.15, 0.2) is 24.3 Å². The maximum atomic E-state index is 10.2. The molecule has 1 aliphatic heterocycles. The van der Waals surface area contributed by atoms with E-state index in [2.05, 4.69) is 45.0 Å². The minimum Gasteiger partial charge on any atom is -0.390 e. The first-order chi connectivity index (χ1) is 8.56. The van der Waals surface area contributed by atoms with Gasteiger partial charge in [0.2, 0.25) is 0 Å². The number of benzene rings is 1. The summed E-state index contributed by atoms with van der Waals surface area (Å²) in [5, 5.41) is 10.2. The van der Waals surface area contributed by atoms with E-state index in [1.807, 2.05) is 0 Å². The molecule has 0 aromatic heterocycles. The second-order valence-electron chi connectivity index (χ2n) is 5.73. The molecule has 1 aliphatic rings. The van der Waals surface area contributed by atoms with Crippen molar-refractivity contribution < 1.29 is 9.84 Å². The molecule has 1 aromatic rings. The molecule has 0 radical (unpaired) electrons. The average molecular weight is 248 g/mol. The highest BCUT2D eigenvalue weighted by Crippen LogP contribution is 2.24. The Morgan fingerprint density at radius 2 is 1.89 bits per heavy atom. The van der Waals surface area contributed by atoms with Crippen molar-refractivity contribution in [3.05, 3.63) is 35.4 Å². The lowest BCUT2D eigenvalue weighted by Gasteiger charge is -2.18. The Balaban J connectivity index is 1.92. The molecule has 0 spiro atoms. The van der Waals surface area contributed by atoms with E-state index in [4.69, 9.17) is 4.74 Å². The molecule has 3 atom stereocenters. The molecule has 2 rings (SSSR count). The molecule has 100 valence electrons. The zero-order valence-electron chi connectivity index (χ0n) is 11.6. The average Bonchev–Trinajstić information content (AvgIpc) is 2.76. The van der Waals surface area contributed by atoms with Crippen LogP contribution in [-0.4, -0.2) is 23.4 Å². The molecule has 18 heavy (non-hydrogen) atoms. The van der Waals surface area contributed by atoms with Gasteiger partial charge >= 0.3 is 0 Å². The molecular weight excluding hydrogens is 224 g/mol. The predicted molar refractivity (Wildman–Crippen MR) is 73.8 cm³/mol. The first-order valence-electron chi connectivity index (χ1n) is 6.98. The molecule has 1 saturated heterocycles. The van der Waals surface area contributed by atoms with Gasteiger partial charge in [-0.3, -0.25) is 0 Å². The number of ether oxygens (including phenoxy) is 1. The lowest BCUT2D eigenvalue weighted by atomic mass is 9.98. The van der Waals surface area contributed by atoms with Crippen LogP contribution >= 0.6 is 0 Å². The van der Waals surface area contributed by atoms with Gasteiger partial charge in [-0.15, -0.1) is 0 Å². The fraction of sp³-hybridized carbons (Fsp3) is 0.625. The third-order valence-corrected chi connectivity index (χ3v) is 3.79. The smallest absolute Gasteiger partial charge is 0.0842 e. The van der Waals surface area contributed by atoms with Gasteiger partial charge in [0.05, 0.1) is 18.3 Å². The van der Waals surface area contributed by atoms with Crippen molar-refractivity contribution >= 4 is 0 Å². The van der Waals surface area contributed by atoms with Gasteiger partial charge in [-0.2, -0.15) is 0 Å². The largest absolute Gasteiger partial charge is 0.390 e. The molecule has 0 saturated carbocycles. The molecule has 2 heteroatoms. The lowest BCUT2D eigenvalue weighted by Crippen LogP contribution is -2.28. The van der Waals surface area contributed by atoms with Crippen LogP contribution in [0.4, 0.5) is 0 Å². The summed E-state index contributed by atoms with van der Waals surface area (Å²) in [6, 6.07) is 8.56. The van der Waals surface area contributed by atoms with Crippen LogP contribution in [0.1, 0.15) is 50.7 Å². The van der Waals surface area contributed by atoms with E-state index in [0.29, 0.717) is 18.4 Å². The summed E-state index contributed by atoms with van der Waals surface area (Å²) in [5.74, 6) is 0.558. The van der Waals surface area contributed by atoms with Crippen LogP contribution in [0, 0.1) is 0 Å². The lowest BCUT2D eigenvalue weighted by molar-refractivity contribution is -0.0278. The number of hydrogen-bond acceptors (Lipinski definition) is 2. The Morgan fingerprint density at radius 1 is 1.22 bits per heavy atom. The van der Waals surface area contributed by atoms with Crippen LogP contribution in [0.25, 0.3) is 0 Å². The van der Waals surface area contributed by atoms with E-state index in [9.17, 15) is 5.11 Å². The molecule has 3 unspecified atom stereocenters. The van der Waals surface area contributed by atoms with Gasteiger partial charge in [-0.05, 0) is 36.8 Å². The maximum absolute atomic E-state index is 10.2. The first-order valence-corrected chi connectivity index (χ1v) is 6.98. The molecule has 1 aromatic carbocycles. The normalized spacial score (nSPS) is 25.6. The number of rotatable bonds is 4. The summed E-state index contributed by atoms with van der Waals surface area (Å²) in [5.41, 5.74) is 2.54. The Bertz CT molecular complexity index is 369. The van der Waals surface area contributed by atoms with Crippen LogP contribution in [0.5, 0.6) is 0 Å². The SMILES string of the molecule is CC1CCC(C(O)Cc2ccc(C(C)C)cc2)O1. The van der Waals surface area contributed by atoms with Crippen LogP contribution < -0.4 is 0 Å². The van der Waals surface area contributed by atoms with E-state index in [1.54, 1.807) is 0 Å². The fourth-order valence-electron chi connectivity index (χ4n) is 2.53. The van der Waals surface area contributed by atoms with Gasteiger partial charge in [0, 0.05) is 6.42 Å². The van der Waals surface area contributed by atoms with Crippen molar-refractivity contribution in [1.29, 1.82) is 0 Å². The quantitative estimate of drug-likeness (QED) is 0.886. The Hall–Kier alpha value is -0.860. The van der Waals surface area contributed by atoms with E-state index in [0.717, 1.165) is 12.8 Å². The second-order valence-corrected chi connectivity index (χ2v) is 5.73. The van der Waals surface area contributed by atoms with Gasteiger partial charge in [0.15, 0.2) is 0 Å². The minimum atomic E-state index is -0.375. The standard InChI is InChI=1S/C16H24O2/c1-11(2)14-7-5-13(6-8-14)10-15(17)16-9-4-12(3)18-16/h5-8,11-12,15-17H,4,9-10H2,1-3H3. The topological polar surface area (TPSA) is 29.5 Å². The summed E-state index contributed by atoms with van der Waals surface area (Å²) < 4.78 is 5.71. The Morgan fingerprint density at radius 3 is 2.39 bits per heavy atom. The van der Waals surface area contributed by atoms with Gasteiger partial charge < -0.3 is 9.84 Å². The molecule has 0 amide bonds. The summed E-state index contributed by atoms with van der Waals surface area (Å²) >= 11 is 0. The summed E-state index contributed by atoms with van der Waals surface area (Å²) in [6.45, 7) is 6.46. The van der Waals surface area contributed by atoms with Gasteiger partial charge in [0.25, 0.3) is 0 Å². The maximum Gasteiger partial charge on any atom is 0.0842 e. The highest BCUT2D eigenvalue weighted by Gasteiger charge is 2.28. The van der Waals surface area contributed by atoms with Crippen molar-refractivity contribution in [3.8, 4) is 0 Å². The van der Waals surface area contributed by atoms with Crippen molar-refractivity contribution in [2.24, 2.45) is 0 Å². The molecule has 0 aliphatic carbocycles. The molecule has 0 bridgehead atoms. The summed E-state index contributed by atoms with van der Waals surface area (Å²) in [4.78, 5) is 0. The molecule has 1 fully saturated rings. The van der Waals surface area contributed by atoms with E-state index in [-0.39, 0.29) is 12.2 Å². The molecule has 2 nitrogen and oxygen atoms in total. The molecule has 1 N–H and O–H groups in total. The van der Waals surface area contributed by atoms with Crippen molar-refractivity contribution in [3.63, 3.8) is 0 Å². The van der Waals surface area contributed by atoms with Crippen LogP contribution in [0.2, 0.25) is 0 Å². The van der Waals surface area contributed by atoms with Gasteiger partial charge in [0.1, 0.15) is 0 Å². The summed E-state index contributed by atoms with van der Waals surface area (Å²) in [7, 11) is 0. The third-order valence-electron chi connectivity index (χ3n) is 3.79. The highest BCUT2D eigenvalue weighted by molar-refractivity contribution is 5.25. The summed E-state index contributed by atoms with van der Waals surface area (Å²) in [6.07, 6.45) is 2.67. The highest BCUT2D eigenvalue weighted by atomic mass is 16.5. The third kappa shape index (κ3) is 3.33. The van der Waals surface area contributed by atoms with Crippen LogP contribution in [0.3, 0.4) is 0 Å². The van der Waals surface area contributed by atoms with Crippen molar-refractivity contribution in [2.45, 2.75) is 64.3 Å². The number of aliphatic hydroxyl groups excluding tert-OH is 1.